The number of nitrogens with two attached hydrogens (primary N) is 2. The maximum Gasteiger partial charge on any atom is 0.192 e. The number of hydrogen-bond acceptors (Lipinski definition) is 3. The molecule has 0 rings (SSSR count). The van der Waals surface area contributed by atoms with Gasteiger partial charge in [0.05, 0.1) is 8.07 Å². The van der Waals surface area contributed by atoms with Crippen molar-refractivity contribution in [3.63, 3.8) is 0 Å². The first-order valence-electron chi connectivity index (χ1n) is 8.99. The normalized spacial score (nSPS) is 16.6. The van der Waals surface area contributed by atoms with Crippen LogP contribution in [0.25, 0.3) is 0 Å². The Balaban J connectivity index is 5.20. The van der Waals surface area contributed by atoms with Crippen molar-refractivity contribution >= 4 is 16.4 Å². The summed E-state index contributed by atoms with van der Waals surface area (Å²) in [5.74, 6) is 0. The van der Waals surface area contributed by atoms with Crippen molar-refractivity contribution in [2.45, 2.75) is 95.9 Å². The van der Waals surface area contributed by atoms with Gasteiger partial charge in [-0.05, 0) is 64.3 Å². The van der Waals surface area contributed by atoms with Gasteiger partial charge in [0.1, 0.15) is 0 Å². The molecule has 0 aliphatic rings. The molecule has 0 aliphatic carbocycles. The summed E-state index contributed by atoms with van der Waals surface area (Å²) in [5.41, 5.74) is 11.5. The Kier molecular flexibility index (Phi) is 8.54. The highest BCUT2D eigenvalue weighted by Crippen LogP contribution is 2.48. The van der Waals surface area contributed by atoms with Crippen LogP contribution in [0.1, 0.15) is 53.4 Å². The first-order valence-corrected chi connectivity index (χ1v) is 15.1. The second kappa shape index (κ2) is 8.42. The summed E-state index contributed by atoms with van der Waals surface area (Å²) in [4.78, 5) is 0. The van der Waals surface area contributed by atoms with Gasteiger partial charge in [-0.3, -0.25) is 0 Å². The van der Waals surface area contributed by atoms with Gasteiger partial charge < -0.3 is 15.9 Å². The highest BCUT2D eigenvalue weighted by Gasteiger charge is 2.49. The highest BCUT2D eigenvalue weighted by atomic mass is 28.4. The maximum absolute atomic E-state index is 6.96. The van der Waals surface area contributed by atoms with Gasteiger partial charge in [-0.2, -0.15) is 0 Å². The maximum atomic E-state index is 6.96. The molecule has 0 amide bonds. The average molecular weight is 347 g/mol. The molecule has 0 fully saturated rings. The molecule has 0 heterocycles. The topological polar surface area (TPSA) is 61.3 Å². The molecule has 1 unspecified atom stereocenters. The van der Waals surface area contributed by atoms with E-state index in [4.69, 9.17) is 15.9 Å². The molecular weight excluding hydrogens is 304 g/mol. The first-order chi connectivity index (χ1) is 9.89. The standard InChI is InChI=1S/C17H42N2OSi2/c1-9-17(4,12-10-13-18)22(7,8)20-16(2,3)21(5,6)15-11-14-19/h9-15,18-19H2,1-8H3. The van der Waals surface area contributed by atoms with E-state index in [0.29, 0.717) is 5.04 Å². The fourth-order valence-corrected chi connectivity index (χ4v) is 9.85. The van der Waals surface area contributed by atoms with Gasteiger partial charge in [0, 0.05) is 5.22 Å². The van der Waals surface area contributed by atoms with Gasteiger partial charge in [-0.25, -0.2) is 0 Å². The summed E-state index contributed by atoms with van der Waals surface area (Å²) in [6, 6.07) is 1.24. The molecule has 3 nitrogen and oxygen atoms in total. The van der Waals surface area contributed by atoms with Gasteiger partial charge in [0.15, 0.2) is 8.32 Å². The lowest BCUT2D eigenvalue weighted by Crippen LogP contribution is -2.59. The number of rotatable bonds is 11. The van der Waals surface area contributed by atoms with E-state index in [1.54, 1.807) is 0 Å². The van der Waals surface area contributed by atoms with Crippen LogP contribution in [0, 0.1) is 0 Å². The van der Waals surface area contributed by atoms with Crippen molar-refractivity contribution in [1.82, 2.24) is 0 Å². The Bertz CT molecular complexity index is 333. The number of hydrogen-bond donors (Lipinski definition) is 2. The molecule has 4 N–H and O–H groups in total. The molecule has 22 heavy (non-hydrogen) atoms. The minimum atomic E-state index is -1.83. The van der Waals surface area contributed by atoms with Gasteiger partial charge in [-0.1, -0.05) is 39.4 Å². The Hall–Kier alpha value is 0.314. The molecule has 0 radical (unpaired) electrons. The van der Waals surface area contributed by atoms with Gasteiger partial charge in [0.2, 0.25) is 0 Å². The molecule has 0 saturated carbocycles. The van der Waals surface area contributed by atoms with Crippen LogP contribution >= 0.6 is 0 Å². The summed E-state index contributed by atoms with van der Waals surface area (Å²) < 4.78 is 6.96. The van der Waals surface area contributed by atoms with E-state index in [0.717, 1.165) is 25.9 Å². The monoisotopic (exact) mass is 346 g/mol. The van der Waals surface area contributed by atoms with Crippen molar-refractivity contribution in [2.75, 3.05) is 13.1 Å². The van der Waals surface area contributed by atoms with Crippen molar-refractivity contribution in [3.05, 3.63) is 0 Å². The Morgan fingerprint density at radius 1 is 0.909 bits per heavy atom. The fraction of sp³-hybridized carbons (Fsp3) is 1.00. The van der Waals surface area contributed by atoms with Gasteiger partial charge in [-0.15, -0.1) is 0 Å². The molecule has 0 bridgehead atoms. The third kappa shape index (κ3) is 5.44. The van der Waals surface area contributed by atoms with Crippen molar-refractivity contribution in [3.8, 4) is 0 Å². The van der Waals surface area contributed by atoms with Crippen LogP contribution in [-0.4, -0.2) is 34.7 Å². The van der Waals surface area contributed by atoms with E-state index < -0.39 is 16.4 Å². The lowest BCUT2D eigenvalue weighted by molar-refractivity contribution is 0.156. The molecule has 0 spiro atoms. The lowest BCUT2D eigenvalue weighted by Gasteiger charge is -2.51. The van der Waals surface area contributed by atoms with Crippen LogP contribution < -0.4 is 11.5 Å². The van der Waals surface area contributed by atoms with Gasteiger partial charge >= 0.3 is 0 Å². The predicted molar refractivity (Wildman–Crippen MR) is 106 cm³/mol. The zero-order valence-corrected chi connectivity index (χ0v) is 18.5. The van der Waals surface area contributed by atoms with Gasteiger partial charge in [0.25, 0.3) is 0 Å². The second-order valence-electron chi connectivity index (χ2n) is 8.71. The van der Waals surface area contributed by atoms with Crippen LogP contribution in [0.2, 0.25) is 37.3 Å². The second-order valence-corrected chi connectivity index (χ2v) is 18.6. The zero-order chi connectivity index (χ0) is 17.7. The largest absolute Gasteiger partial charge is 0.415 e. The fourth-order valence-electron chi connectivity index (χ4n) is 3.14. The molecule has 1 atom stereocenters. The van der Waals surface area contributed by atoms with Crippen LogP contribution in [0.15, 0.2) is 0 Å². The first kappa shape index (κ1) is 22.3. The summed E-state index contributed by atoms with van der Waals surface area (Å²) in [5, 5.41) is 0.291. The highest BCUT2D eigenvalue weighted by molar-refractivity contribution is 6.82. The van der Waals surface area contributed by atoms with E-state index in [9.17, 15) is 0 Å². The molecule has 0 aromatic carbocycles. The third-order valence-corrected chi connectivity index (χ3v) is 16.0. The minimum Gasteiger partial charge on any atom is -0.415 e. The molecule has 5 heteroatoms. The minimum absolute atomic E-state index is 0.00294. The van der Waals surface area contributed by atoms with E-state index in [2.05, 4.69) is 53.9 Å². The lowest BCUT2D eigenvalue weighted by atomic mass is 10.0. The van der Waals surface area contributed by atoms with Crippen molar-refractivity contribution in [1.29, 1.82) is 0 Å². The Morgan fingerprint density at radius 3 is 1.82 bits per heavy atom. The Morgan fingerprint density at radius 2 is 1.41 bits per heavy atom. The van der Waals surface area contributed by atoms with Crippen molar-refractivity contribution in [2.24, 2.45) is 11.5 Å². The smallest absolute Gasteiger partial charge is 0.192 e. The van der Waals surface area contributed by atoms with E-state index in [1.165, 1.54) is 18.9 Å². The molecule has 0 aromatic rings. The molecule has 0 aliphatic heterocycles. The molecule has 0 saturated heterocycles. The SMILES string of the molecule is CCC(C)(CCCN)[Si](C)(C)OC(C)(C)[Si](C)(C)CCCN. The summed E-state index contributed by atoms with van der Waals surface area (Å²) in [7, 11) is -3.31. The summed E-state index contributed by atoms with van der Waals surface area (Å²) in [6.07, 6.45) is 4.57. The van der Waals surface area contributed by atoms with Crippen LogP contribution in [0.3, 0.4) is 0 Å². The Labute approximate surface area is 141 Å². The van der Waals surface area contributed by atoms with Crippen molar-refractivity contribution < 1.29 is 4.43 Å². The summed E-state index contributed by atoms with van der Waals surface area (Å²) >= 11 is 0. The molecule has 0 aromatic heterocycles. The average Bonchev–Trinajstić information content (AvgIpc) is 2.40. The van der Waals surface area contributed by atoms with E-state index in [1.807, 2.05) is 0 Å². The zero-order valence-electron chi connectivity index (χ0n) is 16.5. The third-order valence-electron chi connectivity index (χ3n) is 6.31. The quantitative estimate of drug-likeness (QED) is 0.542. The summed E-state index contributed by atoms with van der Waals surface area (Å²) in [6.45, 7) is 20.7. The molecule has 134 valence electrons. The van der Waals surface area contributed by atoms with E-state index >= 15 is 0 Å². The van der Waals surface area contributed by atoms with Crippen LogP contribution in [-0.2, 0) is 4.43 Å². The van der Waals surface area contributed by atoms with Crippen LogP contribution in [0.5, 0.6) is 0 Å². The predicted octanol–water partition coefficient (Wildman–Crippen LogP) is 4.49. The molecular formula is C17H42N2OSi2. The van der Waals surface area contributed by atoms with Crippen LogP contribution in [0.4, 0.5) is 0 Å². The van der Waals surface area contributed by atoms with E-state index in [-0.39, 0.29) is 5.22 Å².